The molecule has 0 spiro atoms. The molecule has 2 aliphatic heterocycles. The van der Waals surface area contributed by atoms with Crippen molar-refractivity contribution in [3.63, 3.8) is 0 Å². The van der Waals surface area contributed by atoms with Crippen molar-refractivity contribution in [2.45, 2.75) is 18.9 Å². The number of thioether (sulfide) groups is 1. The van der Waals surface area contributed by atoms with Gasteiger partial charge in [-0.3, -0.25) is 0 Å². The summed E-state index contributed by atoms with van der Waals surface area (Å²) in [7, 11) is 1.71. The van der Waals surface area contributed by atoms with Crippen LogP contribution in [0.15, 0.2) is 88.8 Å². The van der Waals surface area contributed by atoms with Crippen LogP contribution >= 0.6 is 23.4 Å². The smallest absolute Gasteiger partial charge is 0.174 e. The molecule has 0 unspecified atom stereocenters. The molecule has 0 radical (unpaired) electrons. The van der Waals surface area contributed by atoms with E-state index in [1.54, 1.807) is 18.9 Å². The lowest BCUT2D eigenvalue weighted by Gasteiger charge is -2.39. The summed E-state index contributed by atoms with van der Waals surface area (Å²) in [4.78, 5) is 7.58. The van der Waals surface area contributed by atoms with Gasteiger partial charge >= 0.3 is 0 Å². The highest BCUT2D eigenvalue weighted by Crippen LogP contribution is 2.51. The van der Waals surface area contributed by atoms with Crippen LogP contribution in [-0.4, -0.2) is 17.2 Å². The van der Waals surface area contributed by atoms with Crippen molar-refractivity contribution < 1.29 is 4.74 Å². The predicted molar refractivity (Wildman–Crippen MR) is 134 cm³/mol. The number of aliphatic imine (C=N–C) groups is 1. The second-order valence-electron chi connectivity index (χ2n) is 8.10. The minimum atomic E-state index is 0.0914. The van der Waals surface area contributed by atoms with Crippen molar-refractivity contribution in [1.29, 1.82) is 0 Å². The van der Waals surface area contributed by atoms with Crippen LogP contribution in [0.1, 0.15) is 34.7 Å². The standard InChI is InChI=1S/C27H21ClN2OS/c1-31-21-13-8-19(9-14-21)26-23-15-10-17-4-2-3-5-22(17)25(23)29-27-30(26)24(16-32-27)18-6-11-20(28)12-7-18/h2-9,11-14,16,26H,10,15H2,1H3/t26-/m1/s1. The van der Waals surface area contributed by atoms with Gasteiger partial charge in [-0.05, 0) is 59.4 Å². The molecule has 0 N–H and O–H groups in total. The van der Waals surface area contributed by atoms with Gasteiger partial charge in [0.25, 0.3) is 0 Å². The Balaban J connectivity index is 1.52. The van der Waals surface area contributed by atoms with Crippen LogP contribution < -0.4 is 4.74 Å². The van der Waals surface area contributed by atoms with E-state index in [9.17, 15) is 0 Å². The summed E-state index contributed by atoms with van der Waals surface area (Å²) < 4.78 is 5.42. The second-order valence-corrected chi connectivity index (χ2v) is 9.37. The van der Waals surface area contributed by atoms with E-state index in [2.05, 4.69) is 58.8 Å². The first kappa shape index (κ1) is 19.7. The van der Waals surface area contributed by atoms with Gasteiger partial charge in [-0.2, -0.15) is 0 Å². The number of ether oxygens (including phenoxy) is 1. The summed E-state index contributed by atoms with van der Waals surface area (Å²) >= 11 is 7.86. The monoisotopic (exact) mass is 456 g/mol. The Kier molecular flexibility index (Phi) is 4.85. The third kappa shape index (κ3) is 3.17. The molecule has 0 saturated carbocycles. The molecule has 2 heterocycles. The maximum absolute atomic E-state index is 6.17. The zero-order valence-corrected chi connectivity index (χ0v) is 19.2. The van der Waals surface area contributed by atoms with Crippen molar-refractivity contribution in [2.24, 2.45) is 4.99 Å². The van der Waals surface area contributed by atoms with Crippen LogP contribution in [0.2, 0.25) is 5.02 Å². The summed E-state index contributed by atoms with van der Waals surface area (Å²) in [5, 5.41) is 3.97. The number of aryl methyl sites for hydroxylation is 1. The van der Waals surface area contributed by atoms with E-state index < -0.39 is 0 Å². The summed E-state index contributed by atoms with van der Waals surface area (Å²) in [6.07, 6.45) is 2.03. The molecule has 1 aliphatic carbocycles. The minimum Gasteiger partial charge on any atom is -0.497 e. The van der Waals surface area contributed by atoms with Gasteiger partial charge in [0.1, 0.15) is 5.75 Å². The number of halogens is 1. The van der Waals surface area contributed by atoms with Gasteiger partial charge in [0, 0.05) is 16.0 Å². The normalized spacial score (nSPS) is 19.1. The fraction of sp³-hybridized carbons (Fsp3) is 0.148. The Labute approximate surface area is 197 Å². The third-order valence-corrected chi connectivity index (χ3v) is 7.44. The van der Waals surface area contributed by atoms with Crippen molar-refractivity contribution in [3.8, 4) is 5.75 Å². The molecule has 0 saturated heterocycles. The lowest BCUT2D eigenvalue weighted by atomic mass is 9.82. The first-order chi connectivity index (χ1) is 15.7. The van der Waals surface area contributed by atoms with Gasteiger partial charge in [-0.1, -0.05) is 71.9 Å². The molecule has 1 atom stereocenters. The molecule has 0 fully saturated rings. The van der Waals surface area contributed by atoms with Gasteiger partial charge in [-0.15, -0.1) is 0 Å². The van der Waals surface area contributed by atoms with Crippen LogP contribution in [0.4, 0.5) is 0 Å². The molecule has 0 bridgehead atoms. The zero-order chi connectivity index (χ0) is 21.7. The molecule has 5 heteroatoms. The lowest BCUT2D eigenvalue weighted by Crippen LogP contribution is -2.34. The highest BCUT2D eigenvalue weighted by atomic mass is 35.5. The highest BCUT2D eigenvalue weighted by Gasteiger charge is 2.40. The number of nitrogens with zero attached hydrogens (tertiary/aromatic N) is 2. The second kappa shape index (κ2) is 7.88. The molecule has 3 aromatic rings. The summed E-state index contributed by atoms with van der Waals surface area (Å²) in [6.45, 7) is 0. The van der Waals surface area contributed by atoms with Crippen LogP contribution in [0.25, 0.3) is 11.4 Å². The number of amidine groups is 1. The van der Waals surface area contributed by atoms with Gasteiger partial charge in [0.15, 0.2) is 5.17 Å². The van der Waals surface area contributed by atoms with Crippen LogP contribution in [0.3, 0.4) is 0 Å². The van der Waals surface area contributed by atoms with Crippen molar-refractivity contribution in [1.82, 2.24) is 4.90 Å². The summed E-state index contributed by atoms with van der Waals surface area (Å²) in [5.41, 5.74) is 8.71. The number of hydrogen-bond acceptors (Lipinski definition) is 4. The quantitative estimate of drug-likeness (QED) is 0.417. The summed E-state index contributed by atoms with van der Waals surface area (Å²) in [6, 6.07) is 25.3. The van der Waals surface area contributed by atoms with E-state index in [1.165, 1.54) is 22.3 Å². The van der Waals surface area contributed by atoms with Gasteiger partial charge < -0.3 is 9.64 Å². The molecule has 3 aromatic carbocycles. The molecule has 6 rings (SSSR count). The Morgan fingerprint density at radius 2 is 1.75 bits per heavy atom. The maximum atomic E-state index is 6.17. The highest BCUT2D eigenvalue weighted by molar-refractivity contribution is 8.16. The average molecular weight is 457 g/mol. The first-order valence-electron chi connectivity index (χ1n) is 10.7. The predicted octanol–water partition coefficient (Wildman–Crippen LogP) is 7.16. The Morgan fingerprint density at radius 3 is 2.53 bits per heavy atom. The van der Waals surface area contributed by atoms with E-state index in [1.807, 2.05) is 24.3 Å². The number of methoxy groups -OCH3 is 1. The van der Waals surface area contributed by atoms with Crippen molar-refractivity contribution in [2.75, 3.05) is 7.11 Å². The third-order valence-electron chi connectivity index (χ3n) is 6.35. The van der Waals surface area contributed by atoms with Crippen LogP contribution in [-0.2, 0) is 6.42 Å². The van der Waals surface area contributed by atoms with E-state index in [0.29, 0.717) is 0 Å². The topological polar surface area (TPSA) is 24.8 Å². The van der Waals surface area contributed by atoms with Gasteiger partial charge in [0.2, 0.25) is 0 Å². The van der Waals surface area contributed by atoms with Crippen molar-refractivity contribution in [3.05, 3.63) is 111 Å². The minimum absolute atomic E-state index is 0.0914. The molecule has 0 amide bonds. The first-order valence-corrected chi connectivity index (χ1v) is 11.9. The van der Waals surface area contributed by atoms with Crippen molar-refractivity contribution >= 4 is 39.9 Å². The molecular formula is C27H21ClN2OS. The fourth-order valence-corrected chi connectivity index (χ4v) is 5.85. The average Bonchev–Trinajstić information content (AvgIpc) is 3.27. The molecule has 3 nitrogen and oxygen atoms in total. The Hall–Kier alpha value is -2.95. The molecular weight excluding hydrogens is 436 g/mol. The maximum Gasteiger partial charge on any atom is 0.174 e. The van der Waals surface area contributed by atoms with E-state index in [4.69, 9.17) is 21.3 Å². The van der Waals surface area contributed by atoms with Gasteiger partial charge in [-0.25, -0.2) is 4.99 Å². The van der Waals surface area contributed by atoms with E-state index >= 15 is 0 Å². The fourth-order valence-electron chi connectivity index (χ4n) is 4.80. The number of benzene rings is 3. The molecule has 0 aromatic heterocycles. The molecule has 3 aliphatic rings. The van der Waals surface area contributed by atoms with Crippen LogP contribution in [0.5, 0.6) is 5.75 Å². The lowest BCUT2D eigenvalue weighted by molar-refractivity contribution is 0.413. The zero-order valence-electron chi connectivity index (χ0n) is 17.6. The Bertz CT molecular complexity index is 1290. The van der Waals surface area contributed by atoms with E-state index in [0.717, 1.165) is 45.7 Å². The van der Waals surface area contributed by atoms with Gasteiger partial charge in [0.05, 0.1) is 24.5 Å². The van der Waals surface area contributed by atoms with Crippen LogP contribution in [0, 0.1) is 0 Å². The number of fused-ring (bicyclic) bond motifs is 3. The largest absolute Gasteiger partial charge is 0.497 e. The number of hydrogen-bond donors (Lipinski definition) is 0. The Morgan fingerprint density at radius 1 is 0.969 bits per heavy atom. The summed E-state index contributed by atoms with van der Waals surface area (Å²) in [5.74, 6) is 0.867. The molecule has 32 heavy (non-hydrogen) atoms. The van der Waals surface area contributed by atoms with E-state index in [-0.39, 0.29) is 6.04 Å². The SMILES string of the molecule is COc1ccc([C@@H]2C3=C(N=C4SC=C(c5ccc(Cl)cc5)N42)c2ccccc2CC3)cc1. The number of rotatable bonds is 3. The molecule has 158 valence electrons.